The Morgan fingerprint density at radius 1 is 1.28 bits per heavy atom. The van der Waals surface area contributed by atoms with Crippen LogP contribution in [0.25, 0.3) is 5.78 Å². The topological polar surface area (TPSA) is 110 Å². The summed E-state index contributed by atoms with van der Waals surface area (Å²) < 4.78 is 7.40. The van der Waals surface area contributed by atoms with Crippen LogP contribution in [0, 0.1) is 6.92 Å². The predicted octanol–water partition coefficient (Wildman–Crippen LogP) is 1.28. The van der Waals surface area contributed by atoms with Crippen molar-refractivity contribution in [2.45, 2.75) is 26.3 Å². The first-order valence-electron chi connectivity index (χ1n) is 9.62. The third-order valence-electron chi connectivity index (χ3n) is 4.83. The number of likely N-dealkylation sites (N-methyl/N-ethyl adjacent to an activating group) is 1. The number of rotatable bonds is 6. The summed E-state index contributed by atoms with van der Waals surface area (Å²) in [5.74, 6) is 1.07. The Morgan fingerprint density at radius 3 is 2.90 bits per heavy atom. The van der Waals surface area contributed by atoms with Gasteiger partial charge in [0.1, 0.15) is 5.56 Å². The van der Waals surface area contributed by atoms with Crippen molar-refractivity contribution in [2.75, 3.05) is 37.0 Å². The number of fused-ring (bicyclic) bond motifs is 1. The molecule has 29 heavy (non-hydrogen) atoms. The fourth-order valence-corrected chi connectivity index (χ4v) is 3.36. The Kier molecular flexibility index (Phi) is 5.26. The Morgan fingerprint density at radius 2 is 2.14 bits per heavy atom. The number of amides is 1. The Labute approximate surface area is 168 Å². The number of nitrogens with one attached hydrogen (secondary N) is 2. The monoisotopic (exact) mass is 396 g/mol. The lowest BCUT2D eigenvalue weighted by molar-refractivity contribution is 0.102. The van der Waals surface area contributed by atoms with E-state index in [4.69, 9.17) is 4.74 Å². The Bertz CT molecular complexity index is 1030. The van der Waals surface area contributed by atoms with Crippen LogP contribution in [0.5, 0.6) is 5.88 Å². The fraction of sp³-hybridized carbons (Fsp3) is 0.421. The van der Waals surface area contributed by atoms with Gasteiger partial charge in [-0.3, -0.25) is 9.20 Å². The number of nitrogens with zero attached hydrogens (tertiary/aromatic N) is 6. The van der Waals surface area contributed by atoms with E-state index in [0.717, 1.165) is 25.2 Å². The van der Waals surface area contributed by atoms with Crippen LogP contribution in [0.15, 0.2) is 24.8 Å². The van der Waals surface area contributed by atoms with E-state index < -0.39 is 0 Å². The number of aryl methyl sites for hydroxylation is 1. The predicted molar refractivity (Wildman–Crippen MR) is 109 cm³/mol. The molecule has 3 aromatic rings. The summed E-state index contributed by atoms with van der Waals surface area (Å²) in [6, 6.07) is 0.409. The average Bonchev–Trinajstić information content (AvgIpc) is 3.33. The van der Waals surface area contributed by atoms with Gasteiger partial charge in [0.25, 0.3) is 5.91 Å². The van der Waals surface area contributed by atoms with Crippen molar-refractivity contribution in [3.63, 3.8) is 0 Å². The normalized spacial score (nSPS) is 16.4. The van der Waals surface area contributed by atoms with E-state index in [9.17, 15) is 4.79 Å². The maximum absolute atomic E-state index is 12.8. The van der Waals surface area contributed by atoms with Gasteiger partial charge in [-0.25, -0.2) is 15.0 Å². The molecule has 1 saturated heterocycles. The van der Waals surface area contributed by atoms with Gasteiger partial charge in [-0.15, -0.1) is 0 Å². The Balaban J connectivity index is 1.56. The van der Waals surface area contributed by atoms with Crippen LogP contribution in [0.3, 0.4) is 0 Å². The molecule has 0 bridgehead atoms. The average molecular weight is 396 g/mol. The van der Waals surface area contributed by atoms with Crippen LogP contribution in [0.1, 0.15) is 29.4 Å². The summed E-state index contributed by atoms with van der Waals surface area (Å²) in [6.07, 6.45) is 7.71. The van der Waals surface area contributed by atoms with Gasteiger partial charge in [0.05, 0.1) is 24.2 Å². The Hall–Kier alpha value is -3.27. The second kappa shape index (κ2) is 8.00. The summed E-state index contributed by atoms with van der Waals surface area (Å²) in [5, 5.41) is 6.10. The highest BCUT2D eigenvalue weighted by Crippen LogP contribution is 2.23. The number of aromatic nitrogens is 5. The first-order chi connectivity index (χ1) is 14.1. The third kappa shape index (κ3) is 3.97. The minimum atomic E-state index is -0.354. The zero-order valence-electron chi connectivity index (χ0n) is 16.7. The molecule has 4 rings (SSSR count). The van der Waals surface area contributed by atoms with Gasteiger partial charge in [-0.2, -0.15) is 4.98 Å². The van der Waals surface area contributed by atoms with Crippen LogP contribution in [-0.4, -0.2) is 63.0 Å². The van der Waals surface area contributed by atoms with Crippen LogP contribution in [0.2, 0.25) is 0 Å². The molecule has 152 valence electrons. The maximum atomic E-state index is 12.8. The summed E-state index contributed by atoms with van der Waals surface area (Å²) in [5.41, 5.74) is 1.68. The summed E-state index contributed by atoms with van der Waals surface area (Å²) >= 11 is 0. The van der Waals surface area contributed by atoms with E-state index in [1.54, 1.807) is 16.8 Å². The van der Waals surface area contributed by atoms with Gasteiger partial charge in [0.2, 0.25) is 17.6 Å². The van der Waals surface area contributed by atoms with Crippen molar-refractivity contribution in [3.05, 3.63) is 36.0 Å². The molecule has 2 N–H and O–H groups in total. The van der Waals surface area contributed by atoms with Crippen molar-refractivity contribution in [1.82, 2.24) is 29.7 Å². The molecule has 1 aliphatic heterocycles. The first-order valence-corrected chi connectivity index (χ1v) is 9.62. The summed E-state index contributed by atoms with van der Waals surface area (Å²) in [4.78, 5) is 32.4. The number of hydrogen-bond acceptors (Lipinski definition) is 8. The van der Waals surface area contributed by atoms with Crippen molar-refractivity contribution in [3.8, 4) is 5.88 Å². The molecule has 1 atom stereocenters. The van der Waals surface area contributed by atoms with E-state index >= 15 is 0 Å². The SMILES string of the molecule is CCOc1nc(N2CCC(NC)C2)ncc1C(=O)Nc1cnc2nc(C)cn2c1. The van der Waals surface area contributed by atoms with Gasteiger partial charge < -0.3 is 20.3 Å². The van der Waals surface area contributed by atoms with Crippen molar-refractivity contribution < 1.29 is 9.53 Å². The molecule has 10 nitrogen and oxygen atoms in total. The molecule has 0 aromatic carbocycles. The van der Waals surface area contributed by atoms with Crippen LogP contribution in [0.4, 0.5) is 11.6 Å². The molecule has 0 radical (unpaired) electrons. The maximum Gasteiger partial charge on any atom is 0.262 e. The number of hydrogen-bond donors (Lipinski definition) is 2. The number of imidazole rings is 1. The summed E-state index contributed by atoms with van der Waals surface area (Å²) in [7, 11) is 1.95. The highest BCUT2D eigenvalue weighted by molar-refractivity contribution is 6.05. The van der Waals surface area contributed by atoms with Gasteiger partial charge in [0.15, 0.2) is 0 Å². The molecule has 3 aromatic heterocycles. The standard InChI is InChI=1S/C19H24N8O2/c1-4-29-17-15(8-22-19(25-17)26-6-5-13(10-26)20-3)16(28)24-14-7-21-18-23-12(2)9-27(18)11-14/h7-9,11,13,20H,4-6,10H2,1-3H3,(H,24,28). The molecule has 0 aliphatic carbocycles. The zero-order valence-corrected chi connectivity index (χ0v) is 16.7. The third-order valence-corrected chi connectivity index (χ3v) is 4.83. The van der Waals surface area contributed by atoms with Crippen molar-refractivity contribution in [2.24, 2.45) is 0 Å². The zero-order chi connectivity index (χ0) is 20.4. The van der Waals surface area contributed by atoms with E-state index in [2.05, 4.69) is 35.5 Å². The first kappa shape index (κ1) is 19.1. The molecular weight excluding hydrogens is 372 g/mol. The number of ether oxygens (including phenoxy) is 1. The van der Waals surface area contributed by atoms with E-state index in [1.165, 1.54) is 6.20 Å². The van der Waals surface area contributed by atoms with E-state index in [0.29, 0.717) is 30.1 Å². The smallest absolute Gasteiger partial charge is 0.262 e. The number of anilines is 2. The summed E-state index contributed by atoms with van der Waals surface area (Å²) in [6.45, 7) is 5.83. The molecule has 0 spiro atoms. The van der Waals surface area contributed by atoms with Crippen molar-refractivity contribution >= 4 is 23.3 Å². The fourth-order valence-electron chi connectivity index (χ4n) is 3.36. The highest BCUT2D eigenvalue weighted by atomic mass is 16.5. The van der Waals surface area contributed by atoms with Crippen LogP contribution >= 0.6 is 0 Å². The molecule has 1 aliphatic rings. The number of carbonyl (C=O) groups is 1. The lowest BCUT2D eigenvalue weighted by Crippen LogP contribution is -2.30. The van der Waals surface area contributed by atoms with Crippen LogP contribution < -0.4 is 20.3 Å². The molecule has 10 heteroatoms. The van der Waals surface area contributed by atoms with Gasteiger partial charge >= 0.3 is 0 Å². The number of carbonyl (C=O) groups excluding carboxylic acids is 1. The second-order valence-corrected chi connectivity index (χ2v) is 6.93. The highest BCUT2D eigenvalue weighted by Gasteiger charge is 2.25. The molecule has 1 fully saturated rings. The minimum absolute atomic E-state index is 0.274. The minimum Gasteiger partial charge on any atom is -0.477 e. The molecule has 4 heterocycles. The largest absolute Gasteiger partial charge is 0.477 e. The van der Waals surface area contributed by atoms with Gasteiger partial charge in [0, 0.05) is 37.7 Å². The van der Waals surface area contributed by atoms with Gasteiger partial charge in [-0.05, 0) is 27.3 Å². The molecule has 1 amide bonds. The molecule has 0 saturated carbocycles. The van der Waals surface area contributed by atoms with E-state index in [1.807, 2.05) is 27.1 Å². The second-order valence-electron chi connectivity index (χ2n) is 6.93. The van der Waals surface area contributed by atoms with E-state index in [-0.39, 0.29) is 17.4 Å². The lowest BCUT2D eigenvalue weighted by atomic mass is 10.3. The van der Waals surface area contributed by atoms with Crippen molar-refractivity contribution in [1.29, 1.82) is 0 Å². The van der Waals surface area contributed by atoms with Crippen LogP contribution in [-0.2, 0) is 0 Å². The quantitative estimate of drug-likeness (QED) is 0.641. The molecular formula is C19H24N8O2. The van der Waals surface area contributed by atoms with Gasteiger partial charge in [-0.1, -0.05) is 0 Å². The lowest BCUT2D eigenvalue weighted by Gasteiger charge is -2.18. The molecule has 1 unspecified atom stereocenters.